The van der Waals surface area contributed by atoms with Crippen molar-refractivity contribution in [3.05, 3.63) is 28.2 Å². The molecule has 2 N–H and O–H groups in total. The highest BCUT2D eigenvalue weighted by Crippen LogP contribution is 2.24. The lowest BCUT2D eigenvalue weighted by atomic mass is 10.1. The molecule has 0 bridgehead atoms. The quantitative estimate of drug-likeness (QED) is 0.786. The monoisotopic (exact) mass is 314 g/mol. The summed E-state index contributed by atoms with van der Waals surface area (Å²) in [6.07, 6.45) is 0. The fourth-order valence-electron chi connectivity index (χ4n) is 1.94. The summed E-state index contributed by atoms with van der Waals surface area (Å²) in [6, 6.07) is 5.95. The zero-order valence-corrected chi connectivity index (χ0v) is 13.0. The van der Waals surface area contributed by atoms with Crippen LogP contribution in [-0.2, 0) is 11.3 Å². The third-order valence-electron chi connectivity index (χ3n) is 2.77. The molecule has 3 nitrogen and oxygen atoms in total. The number of benzene rings is 1. The molecular formula is C14H23BrN2O. The third kappa shape index (κ3) is 4.96. The first kappa shape index (κ1) is 15.5. The molecule has 102 valence electrons. The van der Waals surface area contributed by atoms with E-state index in [1.807, 2.05) is 18.2 Å². The summed E-state index contributed by atoms with van der Waals surface area (Å²) in [5, 5.41) is 0. The summed E-state index contributed by atoms with van der Waals surface area (Å²) in [4.78, 5) is 2.38. The Morgan fingerprint density at radius 3 is 2.67 bits per heavy atom. The average Bonchev–Trinajstić information content (AvgIpc) is 2.30. The third-order valence-corrected chi connectivity index (χ3v) is 3.51. The van der Waals surface area contributed by atoms with Gasteiger partial charge in [-0.15, -0.1) is 0 Å². The highest BCUT2D eigenvalue weighted by molar-refractivity contribution is 9.10. The second kappa shape index (κ2) is 7.77. The largest absolute Gasteiger partial charge is 0.398 e. The summed E-state index contributed by atoms with van der Waals surface area (Å²) in [6.45, 7) is 8.03. The van der Waals surface area contributed by atoms with Crippen molar-refractivity contribution in [2.75, 3.05) is 32.5 Å². The van der Waals surface area contributed by atoms with Crippen molar-refractivity contribution in [3.8, 4) is 0 Å². The number of hydrogen-bond acceptors (Lipinski definition) is 3. The van der Waals surface area contributed by atoms with Gasteiger partial charge < -0.3 is 10.5 Å². The summed E-state index contributed by atoms with van der Waals surface area (Å²) in [7, 11) is 1.74. The van der Waals surface area contributed by atoms with Gasteiger partial charge in [0.25, 0.3) is 0 Å². The fourth-order valence-corrected chi connectivity index (χ4v) is 2.44. The van der Waals surface area contributed by atoms with Gasteiger partial charge in [-0.05, 0) is 18.1 Å². The van der Waals surface area contributed by atoms with Crippen molar-refractivity contribution in [1.29, 1.82) is 0 Å². The Morgan fingerprint density at radius 1 is 1.39 bits per heavy atom. The number of hydrogen-bond donors (Lipinski definition) is 1. The second-order valence-electron chi connectivity index (χ2n) is 4.93. The van der Waals surface area contributed by atoms with E-state index in [9.17, 15) is 0 Å². The lowest BCUT2D eigenvalue weighted by molar-refractivity contribution is 0.136. The summed E-state index contributed by atoms with van der Waals surface area (Å²) >= 11 is 3.57. The van der Waals surface area contributed by atoms with Gasteiger partial charge in [-0.3, -0.25) is 4.90 Å². The predicted molar refractivity (Wildman–Crippen MR) is 80.5 cm³/mol. The minimum atomic E-state index is 0.630. The van der Waals surface area contributed by atoms with E-state index in [2.05, 4.69) is 34.7 Å². The van der Waals surface area contributed by atoms with E-state index >= 15 is 0 Å². The van der Waals surface area contributed by atoms with Crippen molar-refractivity contribution >= 4 is 21.6 Å². The molecule has 0 saturated heterocycles. The van der Waals surface area contributed by atoms with E-state index in [-0.39, 0.29) is 0 Å². The molecule has 0 heterocycles. The van der Waals surface area contributed by atoms with Gasteiger partial charge in [0.05, 0.1) is 6.61 Å². The van der Waals surface area contributed by atoms with Crippen molar-refractivity contribution in [1.82, 2.24) is 4.90 Å². The Hall–Kier alpha value is -0.580. The lowest BCUT2D eigenvalue weighted by Crippen LogP contribution is -2.31. The molecule has 18 heavy (non-hydrogen) atoms. The highest BCUT2D eigenvalue weighted by Gasteiger charge is 2.12. The standard InChI is InChI=1S/C14H23BrN2O/c1-11(2)9-17(7-8-18-3)10-12-13(15)5-4-6-14(12)16/h4-6,11H,7-10,16H2,1-3H3. The molecule has 0 amide bonds. The van der Waals surface area contributed by atoms with Crippen LogP contribution in [0.5, 0.6) is 0 Å². The SMILES string of the molecule is COCCN(Cc1c(N)cccc1Br)CC(C)C. The molecule has 1 aromatic rings. The van der Waals surface area contributed by atoms with E-state index in [1.165, 1.54) is 0 Å². The number of nitrogen functional groups attached to an aromatic ring is 1. The second-order valence-corrected chi connectivity index (χ2v) is 5.78. The van der Waals surface area contributed by atoms with Crippen molar-refractivity contribution in [2.45, 2.75) is 20.4 Å². The summed E-state index contributed by atoms with van der Waals surface area (Å²) in [5.41, 5.74) is 8.05. The van der Waals surface area contributed by atoms with Gasteiger partial charge >= 0.3 is 0 Å². The van der Waals surface area contributed by atoms with Crippen LogP contribution in [0.25, 0.3) is 0 Å². The zero-order chi connectivity index (χ0) is 13.5. The molecule has 0 aliphatic heterocycles. The number of anilines is 1. The van der Waals surface area contributed by atoms with Gasteiger partial charge in [0.1, 0.15) is 0 Å². The lowest BCUT2D eigenvalue weighted by Gasteiger charge is -2.25. The maximum atomic E-state index is 6.04. The van der Waals surface area contributed by atoms with Crippen LogP contribution in [0.2, 0.25) is 0 Å². The number of nitrogens with two attached hydrogens (primary N) is 1. The molecule has 0 atom stereocenters. The van der Waals surface area contributed by atoms with Crippen LogP contribution in [0.3, 0.4) is 0 Å². The zero-order valence-electron chi connectivity index (χ0n) is 11.4. The topological polar surface area (TPSA) is 38.5 Å². The van der Waals surface area contributed by atoms with E-state index in [4.69, 9.17) is 10.5 Å². The molecular weight excluding hydrogens is 292 g/mol. The predicted octanol–water partition coefficient (Wildman–Crippen LogP) is 3.14. The maximum absolute atomic E-state index is 6.04. The van der Waals surface area contributed by atoms with Gasteiger partial charge in [-0.1, -0.05) is 35.8 Å². The molecule has 0 fully saturated rings. The number of rotatable bonds is 7. The van der Waals surface area contributed by atoms with Crippen LogP contribution < -0.4 is 5.73 Å². The van der Waals surface area contributed by atoms with E-state index in [1.54, 1.807) is 7.11 Å². The van der Waals surface area contributed by atoms with Gasteiger partial charge in [-0.2, -0.15) is 0 Å². The fraction of sp³-hybridized carbons (Fsp3) is 0.571. The Morgan fingerprint density at radius 2 is 2.11 bits per heavy atom. The van der Waals surface area contributed by atoms with E-state index < -0.39 is 0 Å². The minimum absolute atomic E-state index is 0.630. The molecule has 0 unspecified atom stereocenters. The number of nitrogens with zero attached hydrogens (tertiary/aromatic N) is 1. The number of halogens is 1. The summed E-state index contributed by atoms with van der Waals surface area (Å²) in [5.74, 6) is 0.630. The maximum Gasteiger partial charge on any atom is 0.0589 e. The molecule has 4 heteroatoms. The number of ether oxygens (including phenoxy) is 1. The van der Waals surface area contributed by atoms with E-state index in [0.29, 0.717) is 5.92 Å². The van der Waals surface area contributed by atoms with Gasteiger partial charge in [0.2, 0.25) is 0 Å². The molecule has 0 saturated carbocycles. The van der Waals surface area contributed by atoms with Crippen molar-refractivity contribution in [3.63, 3.8) is 0 Å². The van der Waals surface area contributed by atoms with Crippen molar-refractivity contribution in [2.24, 2.45) is 5.92 Å². The van der Waals surface area contributed by atoms with Crippen molar-refractivity contribution < 1.29 is 4.74 Å². The van der Waals surface area contributed by atoms with Crippen LogP contribution in [-0.4, -0.2) is 31.7 Å². The Balaban J connectivity index is 2.75. The van der Waals surface area contributed by atoms with Crippen LogP contribution in [0, 0.1) is 5.92 Å². The van der Waals surface area contributed by atoms with Gasteiger partial charge in [0.15, 0.2) is 0 Å². The first-order valence-electron chi connectivity index (χ1n) is 6.28. The first-order chi connectivity index (χ1) is 8.54. The number of methoxy groups -OCH3 is 1. The first-order valence-corrected chi connectivity index (χ1v) is 7.08. The van der Waals surface area contributed by atoms with Crippen LogP contribution >= 0.6 is 15.9 Å². The van der Waals surface area contributed by atoms with Gasteiger partial charge in [0, 0.05) is 42.5 Å². The molecule has 0 aliphatic rings. The Bertz CT molecular complexity index is 349. The Labute approximate surface area is 118 Å². The van der Waals surface area contributed by atoms with Crippen LogP contribution in [0.1, 0.15) is 19.4 Å². The molecule has 1 aromatic carbocycles. The molecule has 0 spiro atoms. The van der Waals surface area contributed by atoms with Crippen LogP contribution in [0.15, 0.2) is 22.7 Å². The highest BCUT2D eigenvalue weighted by atomic mass is 79.9. The van der Waals surface area contributed by atoms with Crippen LogP contribution in [0.4, 0.5) is 5.69 Å². The molecule has 0 aliphatic carbocycles. The Kier molecular flexibility index (Phi) is 6.68. The normalized spacial score (nSPS) is 11.4. The average molecular weight is 315 g/mol. The minimum Gasteiger partial charge on any atom is -0.398 e. The smallest absolute Gasteiger partial charge is 0.0589 e. The van der Waals surface area contributed by atoms with E-state index in [0.717, 1.165) is 42.0 Å². The molecule has 0 aromatic heterocycles. The van der Waals surface area contributed by atoms with Gasteiger partial charge in [-0.25, -0.2) is 0 Å². The molecule has 1 rings (SSSR count). The summed E-state index contributed by atoms with van der Waals surface area (Å²) < 4.78 is 6.24. The molecule has 0 radical (unpaired) electrons.